The maximum atomic E-state index is 12.7. The van der Waals surface area contributed by atoms with Crippen LogP contribution in [0.25, 0.3) is 11.1 Å². The van der Waals surface area contributed by atoms with Gasteiger partial charge in [0.25, 0.3) is 0 Å². The Kier molecular flexibility index (Phi) is 7.69. The third kappa shape index (κ3) is 5.03. The molecule has 0 amide bonds. The van der Waals surface area contributed by atoms with Crippen molar-refractivity contribution in [1.29, 1.82) is 0 Å². The van der Waals surface area contributed by atoms with Crippen molar-refractivity contribution >= 4 is 45.3 Å². The molecule has 0 aliphatic rings. The van der Waals surface area contributed by atoms with Gasteiger partial charge in [-0.15, -0.1) is 11.3 Å². The second-order valence-corrected chi connectivity index (χ2v) is 9.93. The molecule has 3 rings (SSSR count). The number of rotatable bonds is 6. The fraction of sp³-hybridized carbons (Fsp3) is 0.308. The van der Waals surface area contributed by atoms with E-state index in [1.54, 1.807) is 0 Å². The number of aryl methyl sites for hydroxylation is 1. The topological polar surface area (TPSA) is 50.4 Å². The molecular weight excluding hydrogens is 436 g/mol. The summed E-state index contributed by atoms with van der Waals surface area (Å²) in [5.41, 5.74) is 5.80. The van der Waals surface area contributed by atoms with Crippen molar-refractivity contribution in [1.82, 2.24) is 0 Å². The number of thiocarbonyl (C=S) groups is 1. The van der Waals surface area contributed by atoms with E-state index in [4.69, 9.17) is 17.0 Å². The van der Waals surface area contributed by atoms with Gasteiger partial charge in [-0.2, -0.15) is 0 Å². The van der Waals surface area contributed by atoms with Crippen molar-refractivity contribution in [3.05, 3.63) is 70.1 Å². The molecule has 6 heteroatoms. The van der Waals surface area contributed by atoms with Crippen LogP contribution in [0.1, 0.15) is 65.9 Å². The number of esters is 1. The molecular formula is C26H30N2O2S2. The summed E-state index contributed by atoms with van der Waals surface area (Å²) in [4.78, 5) is 13.8. The van der Waals surface area contributed by atoms with Gasteiger partial charge in [0.2, 0.25) is 0 Å². The lowest BCUT2D eigenvalue weighted by molar-refractivity contribution is 0.0603. The van der Waals surface area contributed by atoms with E-state index < -0.39 is 0 Å². The Hall–Kier alpha value is -2.70. The zero-order valence-electron chi connectivity index (χ0n) is 19.4. The molecule has 0 unspecified atom stereocenters. The second kappa shape index (κ2) is 10.3. The van der Waals surface area contributed by atoms with E-state index in [0.717, 1.165) is 21.7 Å². The molecule has 1 aromatic heterocycles. The van der Waals surface area contributed by atoms with Crippen molar-refractivity contribution in [2.75, 3.05) is 17.7 Å². The van der Waals surface area contributed by atoms with Crippen molar-refractivity contribution < 1.29 is 9.53 Å². The lowest BCUT2D eigenvalue weighted by Crippen LogP contribution is -2.22. The lowest BCUT2D eigenvalue weighted by atomic mass is 9.93. The summed E-state index contributed by atoms with van der Waals surface area (Å²) in [6.45, 7) is 10.7. The first-order valence-corrected chi connectivity index (χ1v) is 11.9. The van der Waals surface area contributed by atoms with E-state index in [1.807, 2.05) is 37.3 Å². The normalized spacial score (nSPS) is 11.0. The highest BCUT2D eigenvalue weighted by atomic mass is 32.1. The highest BCUT2D eigenvalue weighted by molar-refractivity contribution is 7.80. The highest BCUT2D eigenvalue weighted by Gasteiger charge is 2.25. The number of carbonyl (C=O) groups excluding carboxylic acids is 1. The predicted molar refractivity (Wildman–Crippen MR) is 140 cm³/mol. The van der Waals surface area contributed by atoms with E-state index in [-0.39, 0.29) is 5.97 Å². The Morgan fingerprint density at radius 3 is 2.06 bits per heavy atom. The molecule has 1 heterocycles. The van der Waals surface area contributed by atoms with Crippen molar-refractivity contribution in [3.8, 4) is 11.1 Å². The Labute approximate surface area is 200 Å². The Bertz CT molecular complexity index is 1090. The number of hydrogen-bond donors (Lipinski definition) is 2. The summed E-state index contributed by atoms with van der Waals surface area (Å²) >= 11 is 7.19. The quantitative estimate of drug-likeness (QED) is 0.290. The van der Waals surface area contributed by atoms with Gasteiger partial charge >= 0.3 is 5.97 Å². The minimum absolute atomic E-state index is 0.346. The number of methoxy groups -OCH3 is 1. The standard InChI is InChI=1S/C26H30N2O2S2/c1-15(2)19-13-10-14-20(16(3)4)23(19)27-26(31)28-24-22(25(29)30-6)21(17(5)32-24)18-11-8-7-9-12-18/h7-16H,1-6H3,(H2,27,28,31). The SMILES string of the molecule is COC(=O)c1c(NC(=S)Nc2c(C(C)C)cccc2C(C)C)sc(C)c1-c1ccccc1. The van der Waals surface area contributed by atoms with Crippen LogP contribution in [0.2, 0.25) is 0 Å². The van der Waals surface area contributed by atoms with Crippen LogP contribution in [-0.2, 0) is 4.74 Å². The highest BCUT2D eigenvalue weighted by Crippen LogP contribution is 2.40. The summed E-state index contributed by atoms with van der Waals surface area (Å²) in [7, 11) is 1.40. The van der Waals surface area contributed by atoms with E-state index >= 15 is 0 Å². The Balaban J connectivity index is 1.99. The zero-order chi connectivity index (χ0) is 23.4. The van der Waals surface area contributed by atoms with E-state index in [2.05, 4.69) is 56.5 Å². The number of para-hydroxylation sites is 1. The summed E-state index contributed by atoms with van der Waals surface area (Å²) in [5, 5.41) is 7.82. The van der Waals surface area contributed by atoms with Crippen LogP contribution in [0, 0.1) is 6.92 Å². The second-order valence-electron chi connectivity index (χ2n) is 8.29. The number of nitrogens with one attached hydrogen (secondary N) is 2. The van der Waals surface area contributed by atoms with Crippen molar-refractivity contribution in [3.63, 3.8) is 0 Å². The Morgan fingerprint density at radius 2 is 1.53 bits per heavy atom. The zero-order valence-corrected chi connectivity index (χ0v) is 21.0. The number of thiophene rings is 1. The summed E-state index contributed by atoms with van der Waals surface area (Å²) in [6.07, 6.45) is 0. The number of hydrogen-bond acceptors (Lipinski definition) is 4. The summed E-state index contributed by atoms with van der Waals surface area (Å²) < 4.78 is 5.12. The van der Waals surface area contributed by atoms with E-state index in [9.17, 15) is 4.79 Å². The van der Waals surface area contributed by atoms with Crippen molar-refractivity contribution in [2.45, 2.75) is 46.5 Å². The number of ether oxygens (including phenoxy) is 1. The van der Waals surface area contributed by atoms with Crippen LogP contribution in [0.3, 0.4) is 0 Å². The molecule has 0 radical (unpaired) electrons. The predicted octanol–water partition coefficient (Wildman–Crippen LogP) is 7.57. The molecule has 0 atom stereocenters. The first kappa shape index (κ1) is 24.0. The molecule has 0 spiro atoms. The van der Waals surface area contributed by atoms with Crippen LogP contribution in [0.5, 0.6) is 0 Å². The molecule has 32 heavy (non-hydrogen) atoms. The number of benzene rings is 2. The summed E-state index contributed by atoms with van der Waals surface area (Å²) in [6, 6.07) is 16.2. The molecule has 0 saturated heterocycles. The minimum atomic E-state index is -0.385. The first-order valence-electron chi connectivity index (χ1n) is 10.7. The van der Waals surface area contributed by atoms with Gasteiger partial charge in [0.15, 0.2) is 5.11 Å². The largest absolute Gasteiger partial charge is 0.465 e. The molecule has 3 aromatic rings. The minimum Gasteiger partial charge on any atom is -0.465 e. The average molecular weight is 467 g/mol. The molecule has 0 fully saturated rings. The molecule has 168 valence electrons. The lowest BCUT2D eigenvalue weighted by Gasteiger charge is -2.21. The summed E-state index contributed by atoms with van der Waals surface area (Å²) in [5.74, 6) is 0.306. The van der Waals surface area contributed by atoms with Gasteiger partial charge in [-0.25, -0.2) is 4.79 Å². The molecule has 2 N–H and O–H groups in total. The molecule has 2 aromatic carbocycles. The third-order valence-corrected chi connectivity index (χ3v) is 6.60. The van der Waals surface area contributed by atoms with Gasteiger partial charge in [0, 0.05) is 16.1 Å². The van der Waals surface area contributed by atoms with Gasteiger partial charge in [0.05, 0.1) is 7.11 Å². The molecule has 0 aliphatic carbocycles. The fourth-order valence-corrected chi connectivity index (χ4v) is 5.16. The van der Waals surface area contributed by atoms with Crippen LogP contribution in [-0.4, -0.2) is 18.2 Å². The van der Waals surface area contributed by atoms with E-state index in [0.29, 0.717) is 27.5 Å². The van der Waals surface area contributed by atoms with E-state index in [1.165, 1.54) is 29.6 Å². The van der Waals surface area contributed by atoms with Crippen LogP contribution < -0.4 is 10.6 Å². The smallest absolute Gasteiger partial charge is 0.341 e. The fourth-order valence-electron chi connectivity index (χ4n) is 3.83. The van der Waals surface area contributed by atoms with Gasteiger partial charge in [-0.3, -0.25) is 0 Å². The van der Waals surface area contributed by atoms with Gasteiger partial charge in [-0.1, -0.05) is 76.2 Å². The van der Waals surface area contributed by atoms with Crippen LogP contribution >= 0.6 is 23.6 Å². The maximum absolute atomic E-state index is 12.7. The third-order valence-electron chi connectivity index (χ3n) is 5.37. The monoisotopic (exact) mass is 466 g/mol. The molecule has 0 saturated carbocycles. The van der Waals surface area contributed by atoms with Crippen LogP contribution in [0.15, 0.2) is 48.5 Å². The van der Waals surface area contributed by atoms with Crippen LogP contribution in [0.4, 0.5) is 10.7 Å². The van der Waals surface area contributed by atoms with Gasteiger partial charge in [0.1, 0.15) is 10.6 Å². The Morgan fingerprint density at radius 1 is 0.938 bits per heavy atom. The molecule has 0 aliphatic heterocycles. The number of carbonyl (C=O) groups is 1. The maximum Gasteiger partial charge on any atom is 0.341 e. The molecule has 0 bridgehead atoms. The van der Waals surface area contributed by atoms with Crippen molar-refractivity contribution in [2.24, 2.45) is 0 Å². The van der Waals surface area contributed by atoms with Gasteiger partial charge < -0.3 is 15.4 Å². The molecule has 4 nitrogen and oxygen atoms in total. The van der Waals surface area contributed by atoms with Gasteiger partial charge in [-0.05, 0) is 47.7 Å². The first-order chi connectivity index (χ1) is 15.2. The average Bonchev–Trinajstić information content (AvgIpc) is 3.08. The number of anilines is 2.